The van der Waals surface area contributed by atoms with E-state index in [1.165, 1.54) is 4.70 Å². The van der Waals surface area contributed by atoms with Crippen molar-refractivity contribution in [2.45, 2.75) is 6.92 Å². The van der Waals surface area contributed by atoms with Crippen molar-refractivity contribution in [3.8, 4) is 33.8 Å². The predicted octanol–water partition coefficient (Wildman–Crippen LogP) is 14.3. The van der Waals surface area contributed by atoms with Gasteiger partial charge in [0.1, 0.15) is 11.2 Å². The number of aliphatic imine (C=N–C) groups is 1. The van der Waals surface area contributed by atoms with E-state index in [4.69, 9.17) is 19.4 Å². The van der Waals surface area contributed by atoms with Gasteiger partial charge in [-0.3, -0.25) is 0 Å². The Morgan fingerprint density at radius 1 is 0.596 bits per heavy atom. The molecule has 0 atom stereocenters. The van der Waals surface area contributed by atoms with Gasteiger partial charge in [0.2, 0.25) is 0 Å². The molecule has 270 valence electrons. The Balaban J connectivity index is 1.04. The molecule has 3 heterocycles. The Hall–Kier alpha value is -7.21. The lowest BCUT2D eigenvalue weighted by molar-refractivity contribution is 0.670. The number of rotatable bonds is 8. The van der Waals surface area contributed by atoms with Crippen LogP contribution in [0.4, 0.5) is 0 Å². The molecule has 57 heavy (non-hydrogen) atoms. The number of nitrogens with zero attached hydrogens (tertiary/aromatic N) is 3. The van der Waals surface area contributed by atoms with E-state index in [9.17, 15) is 0 Å². The number of hydrogen-bond donors (Lipinski definition) is 0. The number of hydrogen-bond acceptors (Lipinski definition) is 5. The average molecular weight is 750 g/mol. The fourth-order valence-electron chi connectivity index (χ4n) is 7.53. The van der Waals surface area contributed by atoms with Gasteiger partial charge in [0.15, 0.2) is 5.82 Å². The van der Waals surface area contributed by atoms with Crippen molar-refractivity contribution in [3.63, 3.8) is 0 Å². The summed E-state index contributed by atoms with van der Waals surface area (Å²) in [5.41, 5.74) is 13.4. The highest BCUT2D eigenvalue weighted by molar-refractivity contribution is 7.26. The van der Waals surface area contributed by atoms with E-state index in [0.717, 1.165) is 93.5 Å². The van der Waals surface area contributed by atoms with Crippen molar-refractivity contribution in [1.29, 1.82) is 0 Å². The van der Waals surface area contributed by atoms with Crippen molar-refractivity contribution in [3.05, 3.63) is 205 Å². The van der Waals surface area contributed by atoms with Crippen LogP contribution >= 0.6 is 11.3 Å². The van der Waals surface area contributed by atoms with Crippen molar-refractivity contribution in [1.82, 2.24) is 9.97 Å². The first kappa shape index (κ1) is 34.3. The third kappa shape index (κ3) is 6.44. The smallest absolute Gasteiger partial charge is 0.160 e. The second-order valence-corrected chi connectivity index (χ2v) is 15.2. The van der Waals surface area contributed by atoms with Crippen molar-refractivity contribution < 1.29 is 4.42 Å². The Bertz CT molecular complexity index is 3190. The summed E-state index contributed by atoms with van der Waals surface area (Å²) in [5.74, 6) is 0.691. The first-order valence-corrected chi connectivity index (χ1v) is 19.8. The summed E-state index contributed by atoms with van der Waals surface area (Å²) in [6.07, 6.45) is 2.14. The van der Waals surface area contributed by atoms with Gasteiger partial charge >= 0.3 is 0 Å². The van der Waals surface area contributed by atoms with E-state index in [-0.39, 0.29) is 0 Å². The second-order valence-electron chi connectivity index (χ2n) is 14.1. The number of benzene rings is 7. The summed E-state index contributed by atoms with van der Waals surface area (Å²) in [6, 6.07) is 60.5. The Kier molecular flexibility index (Phi) is 8.70. The summed E-state index contributed by atoms with van der Waals surface area (Å²) < 4.78 is 8.93. The number of furan rings is 1. The average Bonchev–Trinajstić information content (AvgIpc) is 3.85. The van der Waals surface area contributed by atoms with E-state index < -0.39 is 0 Å². The lowest BCUT2D eigenvalue weighted by atomic mass is 9.99. The van der Waals surface area contributed by atoms with Gasteiger partial charge in [-0.25, -0.2) is 15.0 Å². The monoisotopic (exact) mass is 749 g/mol. The molecule has 3 aromatic heterocycles. The number of thiophene rings is 1. The molecule has 0 aliphatic rings. The normalized spacial score (nSPS) is 12.2. The molecule has 0 spiro atoms. The van der Waals surface area contributed by atoms with Crippen molar-refractivity contribution >= 4 is 70.6 Å². The summed E-state index contributed by atoms with van der Waals surface area (Å²) in [7, 11) is 0. The molecule has 7 aromatic carbocycles. The summed E-state index contributed by atoms with van der Waals surface area (Å²) in [6.45, 7) is 6.56. The maximum absolute atomic E-state index is 6.64. The summed E-state index contributed by atoms with van der Waals surface area (Å²) >= 11 is 1.74. The van der Waals surface area contributed by atoms with E-state index in [1.807, 2.05) is 42.5 Å². The Labute approximate surface area is 334 Å². The molecule has 0 saturated heterocycles. The topological polar surface area (TPSA) is 51.3 Å². The molecule has 0 saturated carbocycles. The molecule has 0 unspecified atom stereocenters. The van der Waals surface area contributed by atoms with Crippen LogP contribution in [0.5, 0.6) is 0 Å². The van der Waals surface area contributed by atoms with E-state index >= 15 is 0 Å². The molecule has 5 heteroatoms. The second kappa shape index (κ2) is 14.5. The van der Waals surface area contributed by atoms with Gasteiger partial charge in [-0.05, 0) is 60.0 Å². The standard InChI is InChI=1S/C52H35N3OS/c1-33(35-16-6-3-7-17-35)30-45(36-18-8-4-9-19-36)53-34(2)38-28-29-46-44(32-38)42-26-15-25-41(50(42)56-46)39-22-14-23-40(31-39)52-54-48(37-20-10-5-11-21-37)51-49(55-52)43-24-12-13-27-47(43)57-51/h3-32H,2H2,1H3/b33-30+,53-45?. The molecular formula is C52H35N3OS. The number of fused-ring (bicyclic) bond motifs is 6. The zero-order valence-electron chi connectivity index (χ0n) is 31.2. The predicted molar refractivity (Wildman–Crippen MR) is 241 cm³/mol. The van der Waals surface area contributed by atoms with Crippen molar-refractivity contribution in [2.75, 3.05) is 0 Å². The minimum atomic E-state index is 0.677. The lowest BCUT2D eigenvalue weighted by Gasteiger charge is -2.09. The fraction of sp³-hybridized carbons (Fsp3) is 0.0192. The third-order valence-corrected chi connectivity index (χ3v) is 11.6. The number of para-hydroxylation sites is 1. The quantitative estimate of drug-likeness (QED) is 0.145. The zero-order valence-corrected chi connectivity index (χ0v) is 32.0. The molecule has 0 N–H and O–H groups in total. The van der Waals surface area contributed by atoms with Crippen molar-refractivity contribution in [2.24, 2.45) is 4.99 Å². The molecular weight excluding hydrogens is 715 g/mol. The lowest BCUT2D eigenvalue weighted by Crippen LogP contribution is -1.99. The minimum absolute atomic E-state index is 0.677. The maximum Gasteiger partial charge on any atom is 0.160 e. The van der Waals surface area contributed by atoms with Gasteiger partial charge in [-0.15, -0.1) is 11.3 Å². The van der Waals surface area contributed by atoms with E-state index in [0.29, 0.717) is 11.5 Å². The number of allylic oxidation sites excluding steroid dienone is 2. The van der Waals surface area contributed by atoms with Crippen LogP contribution in [0.15, 0.2) is 198 Å². The van der Waals surface area contributed by atoms with Gasteiger partial charge in [-0.2, -0.15) is 0 Å². The summed E-state index contributed by atoms with van der Waals surface area (Å²) in [5, 5.41) is 3.19. The van der Waals surface area contributed by atoms with Crippen LogP contribution in [0.1, 0.15) is 23.6 Å². The van der Waals surface area contributed by atoms with Gasteiger partial charge in [0.05, 0.1) is 27.3 Å². The fourth-order valence-corrected chi connectivity index (χ4v) is 8.68. The molecule has 10 aromatic rings. The largest absolute Gasteiger partial charge is 0.455 e. The molecule has 0 aliphatic heterocycles. The Morgan fingerprint density at radius 2 is 1.26 bits per heavy atom. The van der Waals surface area contributed by atoms with Crippen LogP contribution in [0.2, 0.25) is 0 Å². The molecule has 0 bridgehead atoms. The third-order valence-electron chi connectivity index (χ3n) is 10.4. The number of aromatic nitrogens is 2. The first-order valence-electron chi connectivity index (χ1n) is 19.0. The van der Waals surface area contributed by atoms with Crippen LogP contribution < -0.4 is 0 Å². The van der Waals surface area contributed by atoms with Gasteiger partial charge < -0.3 is 4.42 Å². The zero-order chi connectivity index (χ0) is 38.3. The van der Waals surface area contributed by atoms with Gasteiger partial charge in [-0.1, -0.05) is 152 Å². The highest BCUT2D eigenvalue weighted by Gasteiger charge is 2.18. The highest BCUT2D eigenvalue weighted by atomic mass is 32.1. The van der Waals surface area contributed by atoms with Gasteiger partial charge in [0.25, 0.3) is 0 Å². The molecule has 0 amide bonds. The minimum Gasteiger partial charge on any atom is -0.455 e. The SMILES string of the molecule is C=C(N=C(/C=C(\C)c1ccccc1)c1ccccc1)c1ccc2oc3c(-c4cccc(-c5nc(-c6ccccc6)c6sc7ccccc7c6n5)c4)cccc3c2c1. The molecule has 10 rings (SSSR count). The Morgan fingerprint density at radius 3 is 2.07 bits per heavy atom. The molecule has 0 radical (unpaired) electrons. The van der Waals surface area contributed by atoms with Crippen LogP contribution in [0.25, 0.3) is 87.3 Å². The van der Waals surface area contributed by atoms with Crippen LogP contribution in [0.3, 0.4) is 0 Å². The van der Waals surface area contributed by atoms with Gasteiger partial charge in [0, 0.05) is 48.7 Å². The summed E-state index contributed by atoms with van der Waals surface area (Å²) in [4.78, 5) is 15.5. The molecule has 0 aliphatic carbocycles. The first-order chi connectivity index (χ1) is 28.1. The molecule has 4 nitrogen and oxygen atoms in total. The van der Waals surface area contributed by atoms with Crippen LogP contribution in [-0.2, 0) is 0 Å². The van der Waals surface area contributed by atoms with E-state index in [1.54, 1.807) is 11.3 Å². The molecule has 0 fully saturated rings. The van der Waals surface area contributed by atoms with E-state index in [2.05, 4.69) is 153 Å². The maximum atomic E-state index is 6.64. The van der Waals surface area contributed by atoms with Crippen LogP contribution in [0, 0.1) is 0 Å². The highest BCUT2D eigenvalue weighted by Crippen LogP contribution is 2.41. The van der Waals surface area contributed by atoms with Crippen LogP contribution in [-0.4, -0.2) is 15.7 Å².